The van der Waals surface area contributed by atoms with Gasteiger partial charge in [0.2, 0.25) is 0 Å². The quantitative estimate of drug-likeness (QED) is 0.679. The molecule has 6 heteroatoms. The van der Waals surface area contributed by atoms with Gasteiger partial charge in [0.1, 0.15) is 24.8 Å². The third-order valence-corrected chi connectivity index (χ3v) is 3.34. The number of benzene rings is 2. The summed E-state index contributed by atoms with van der Waals surface area (Å²) in [6.45, 7) is -0.0266. The van der Waals surface area contributed by atoms with Gasteiger partial charge in [-0.25, -0.2) is 8.78 Å². The van der Waals surface area contributed by atoms with Gasteiger partial charge in [-0.2, -0.15) is 0 Å². The van der Waals surface area contributed by atoms with Crippen LogP contribution in [-0.4, -0.2) is 11.9 Å². The summed E-state index contributed by atoms with van der Waals surface area (Å²) in [5.74, 6) is -1.73. The lowest BCUT2D eigenvalue weighted by Crippen LogP contribution is -2.08. The van der Waals surface area contributed by atoms with Gasteiger partial charge in [-0.05, 0) is 41.8 Å². The maximum Gasteiger partial charge on any atom is 0.306 e. The van der Waals surface area contributed by atoms with E-state index in [4.69, 9.17) is 9.47 Å². The molecule has 0 N–H and O–H groups in total. The molecule has 0 saturated heterocycles. The van der Waals surface area contributed by atoms with Crippen LogP contribution >= 0.6 is 0 Å². The van der Waals surface area contributed by atoms with Crippen molar-refractivity contribution in [2.75, 3.05) is 0 Å². The fraction of sp³-hybridized carbons (Fsp3) is 0.263. The number of carbonyl (C=O) groups is 2. The summed E-state index contributed by atoms with van der Waals surface area (Å²) in [7, 11) is 0. The maximum atomic E-state index is 13.0. The Morgan fingerprint density at radius 2 is 1.20 bits per heavy atom. The van der Waals surface area contributed by atoms with Crippen molar-refractivity contribution >= 4 is 11.9 Å². The molecule has 0 amide bonds. The van der Waals surface area contributed by atoms with Crippen molar-refractivity contribution in [2.45, 2.75) is 32.5 Å². The van der Waals surface area contributed by atoms with Gasteiger partial charge < -0.3 is 9.47 Å². The molecule has 0 aliphatic heterocycles. The summed E-state index contributed by atoms with van der Waals surface area (Å²) in [5.41, 5.74) is 1.12. The third-order valence-electron chi connectivity index (χ3n) is 3.34. The highest BCUT2D eigenvalue weighted by atomic mass is 19.1. The predicted octanol–water partition coefficient (Wildman–Crippen LogP) is 3.92. The second-order valence-corrected chi connectivity index (χ2v) is 5.43. The highest BCUT2D eigenvalue weighted by Crippen LogP contribution is 2.08. The zero-order chi connectivity index (χ0) is 18.1. The van der Waals surface area contributed by atoms with Gasteiger partial charge in [-0.1, -0.05) is 24.3 Å². The summed E-state index contributed by atoms with van der Waals surface area (Å²) in [4.78, 5) is 23.2. The first-order valence-corrected chi connectivity index (χ1v) is 7.83. The number of carbonyl (C=O) groups excluding carboxylic acids is 2. The van der Waals surface area contributed by atoms with Crippen molar-refractivity contribution < 1.29 is 27.8 Å². The molecule has 25 heavy (non-hydrogen) atoms. The van der Waals surface area contributed by atoms with Gasteiger partial charge in [0.15, 0.2) is 0 Å². The lowest BCUT2D eigenvalue weighted by atomic mass is 10.2. The first kappa shape index (κ1) is 18.6. The molecule has 0 atom stereocenters. The van der Waals surface area contributed by atoms with E-state index in [1.54, 1.807) is 12.1 Å². The zero-order valence-corrected chi connectivity index (χ0v) is 13.5. The van der Waals surface area contributed by atoms with Crippen LogP contribution in [0, 0.1) is 11.6 Å². The van der Waals surface area contributed by atoms with Gasteiger partial charge in [-0.3, -0.25) is 9.59 Å². The second kappa shape index (κ2) is 9.52. The molecule has 132 valence electrons. The van der Waals surface area contributed by atoms with Crippen molar-refractivity contribution in [2.24, 2.45) is 0 Å². The van der Waals surface area contributed by atoms with Gasteiger partial charge in [0, 0.05) is 12.8 Å². The van der Waals surface area contributed by atoms with Crippen LogP contribution in [0.2, 0.25) is 0 Å². The van der Waals surface area contributed by atoms with E-state index in [2.05, 4.69) is 0 Å². The second-order valence-electron chi connectivity index (χ2n) is 5.43. The average molecular weight is 348 g/mol. The Kier molecular flexibility index (Phi) is 7.07. The lowest BCUT2D eigenvalue weighted by molar-refractivity contribution is -0.146. The molecule has 0 aromatic heterocycles. The highest BCUT2D eigenvalue weighted by molar-refractivity contribution is 5.72. The van der Waals surface area contributed by atoms with Crippen LogP contribution in [-0.2, 0) is 32.3 Å². The van der Waals surface area contributed by atoms with Crippen molar-refractivity contribution in [3.63, 3.8) is 0 Å². The third kappa shape index (κ3) is 7.12. The van der Waals surface area contributed by atoms with E-state index in [1.165, 1.54) is 36.4 Å². The number of ether oxygens (including phenoxy) is 2. The van der Waals surface area contributed by atoms with Crippen LogP contribution in [0.4, 0.5) is 8.78 Å². The molecule has 0 fully saturated rings. The predicted molar refractivity (Wildman–Crippen MR) is 86.2 cm³/mol. The molecule has 2 rings (SSSR count). The smallest absolute Gasteiger partial charge is 0.306 e. The fourth-order valence-corrected chi connectivity index (χ4v) is 2.10. The van der Waals surface area contributed by atoms with Crippen LogP contribution in [0.3, 0.4) is 0 Å². The fourth-order valence-electron chi connectivity index (χ4n) is 2.10. The topological polar surface area (TPSA) is 52.6 Å². The number of hydrogen-bond acceptors (Lipinski definition) is 4. The normalized spacial score (nSPS) is 10.3. The van der Waals surface area contributed by atoms with Crippen molar-refractivity contribution in [3.8, 4) is 0 Å². The lowest BCUT2D eigenvalue weighted by Gasteiger charge is -2.06. The molecule has 0 bridgehead atoms. The van der Waals surface area contributed by atoms with Crippen LogP contribution < -0.4 is 0 Å². The van der Waals surface area contributed by atoms with Gasteiger partial charge in [0.25, 0.3) is 0 Å². The molecule has 0 heterocycles. The Bertz CT molecular complexity index is 669. The first-order chi connectivity index (χ1) is 12.0. The SMILES string of the molecule is O=C(CCCC(=O)OCc1cccc(F)c1)OCc1cccc(F)c1. The largest absolute Gasteiger partial charge is 0.461 e. The molecular weight excluding hydrogens is 330 g/mol. The van der Waals surface area contributed by atoms with E-state index >= 15 is 0 Å². The average Bonchev–Trinajstić information content (AvgIpc) is 2.58. The molecular formula is C19H18F2O4. The van der Waals surface area contributed by atoms with Gasteiger partial charge in [0.05, 0.1) is 0 Å². The molecule has 0 radical (unpaired) electrons. The Morgan fingerprint density at radius 3 is 1.60 bits per heavy atom. The van der Waals surface area contributed by atoms with E-state index in [-0.39, 0.29) is 32.5 Å². The number of halogens is 2. The minimum absolute atomic E-state index is 0.0133. The van der Waals surface area contributed by atoms with E-state index in [9.17, 15) is 18.4 Å². The molecule has 0 aliphatic carbocycles. The van der Waals surface area contributed by atoms with Crippen LogP contribution in [0.25, 0.3) is 0 Å². The van der Waals surface area contributed by atoms with Crippen LogP contribution in [0.5, 0.6) is 0 Å². The number of rotatable bonds is 8. The number of esters is 2. The van der Waals surface area contributed by atoms with Gasteiger partial charge in [-0.15, -0.1) is 0 Å². The van der Waals surface area contributed by atoms with Crippen LogP contribution in [0.15, 0.2) is 48.5 Å². The zero-order valence-electron chi connectivity index (χ0n) is 13.5. The van der Waals surface area contributed by atoms with E-state index in [1.807, 2.05) is 0 Å². The minimum atomic E-state index is -0.470. The van der Waals surface area contributed by atoms with E-state index < -0.39 is 23.6 Å². The Hall–Kier alpha value is -2.76. The molecule has 0 saturated carbocycles. The molecule has 0 spiro atoms. The molecule has 4 nitrogen and oxygen atoms in total. The summed E-state index contributed by atoms with van der Waals surface area (Å²) in [6.07, 6.45) is 0.402. The van der Waals surface area contributed by atoms with Crippen molar-refractivity contribution in [1.29, 1.82) is 0 Å². The highest BCUT2D eigenvalue weighted by Gasteiger charge is 2.08. The summed E-state index contributed by atoms with van der Waals surface area (Å²) < 4.78 is 36.0. The van der Waals surface area contributed by atoms with Gasteiger partial charge >= 0.3 is 11.9 Å². The standard InChI is InChI=1S/C19H18F2O4/c20-16-6-1-4-14(10-16)12-24-18(22)8-3-9-19(23)25-13-15-5-2-7-17(21)11-15/h1-2,4-7,10-11H,3,8-9,12-13H2. The van der Waals surface area contributed by atoms with Crippen molar-refractivity contribution in [1.82, 2.24) is 0 Å². The Morgan fingerprint density at radius 1 is 0.760 bits per heavy atom. The summed E-state index contributed by atoms with van der Waals surface area (Å²) in [6, 6.07) is 11.6. The van der Waals surface area contributed by atoms with E-state index in [0.29, 0.717) is 11.1 Å². The van der Waals surface area contributed by atoms with E-state index in [0.717, 1.165) is 0 Å². The maximum absolute atomic E-state index is 13.0. The van der Waals surface area contributed by atoms with Crippen LogP contribution in [0.1, 0.15) is 30.4 Å². The summed E-state index contributed by atoms with van der Waals surface area (Å²) >= 11 is 0. The number of hydrogen-bond donors (Lipinski definition) is 0. The minimum Gasteiger partial charge on any atom is -0.461 e. The molecule has 0 unspecified atom stereocenters. The Balaban J connectivity index is 1.61. The monoisotopic (exact) mass is 348 g/mol. The first-order valence-electron chi connectivity index (χ1n) is 7.83. The molecule has 2 aromatic rings. The van der Waals surface area contributed by atoms with Crippen molar-refractivity contribution in [3.05, 3.63) is 71.3 Å². The summed E-state index contributed by atoms with van der Waals surface area (Å²) in [5, 5.41) is 0. The molecule has 0 aliphatic rings. The molecule has 2 aromatic carbocycles. The Labute approximate surface area is 144 Å².